The van der Waals surface area contributed by atoms with Gasteiger partial charge in [-0.1, -0.05) is 109 Å². The van der Waals surface area contributed by atoms with E-state index >= 15 is 14.4 Å². The van der Waals surface area contributed by atoms with Crippen molar-refractivity contribution >= 4 is 65.0 Å². The van der Waals surface area contributed by atoms with Crippen LogP contribution in [-0.2, 0) is 52.7 Å². The molecule has 492 valence electrons. The molecule has 0 aromatic heterocycles. The number of aliphatic hydroxyl groups is 1. The molecule has 0 radical (unpaired) electrons. The van der Waals surface area contributed by atoms with E-state index in [1.54, 1.807) is 54.5 Å². The Balaban J connectivity index is 4.34. The van der Waals surface area contributed by atoms with E-state index in [0.717, 1.165) is 9.80 Å². The molecule has 1 aliphatic heterocycles. The van der Waals surface area contributed by atoms with Gasteiger partial charge in [-0.2, -0.15) is 0 Å². The maximum absolute atomic E-state index is 15.2. The molecule has 0 unspecified atom stereocenters. The van der Waals surface area contributed by atoms with Gasteiger partial charge >= 0.3 is 0 Å². The van der Waals surface area contributed by atoms with Crippen molar-refractivity contribution in [3.05, 3.63) is 12.2 Å². The van der Waals surface area contributed by atoms with Crippen molar-refractivity contribution in [2.75, 3.05) is 55.9 Å². The zero-order valence-corrected chi connectivity index (χ0v) is 56.8. The minimum absolute atomic E-state index is 0.0232. The van der Waals surface area contributed by atoms with Crippen LogP contribution in [0.15, 0.2) is 12.2 Å². The Morgan fingerprint density at radius 2 is 0.930 bits per heavy atom. The highest BCUT2D eigenvalue weighted by Gasteiger charge is 2.45. The molecule has 0 aromatic carbocycles. The largest absolute Gasteiger partial charge is 0.390 e. The second-order valence-corrected chi connectivity index (χ2v) is 26.4. The topological polar surface area (TPSA) is 279 Å². The minimum atomic E-state index is -1.61. The monoisotopic (exact) mass is 1220 g/mol. The first-order chi connectivity index (χ1) is 39.7. The van der Waals surface area contributed by atoms with E-state index in [-0.39, 0.29) is 55.8 Å². The highest BCUT2D eigenvalue weighted by atomic mass is 16.3. The average molecular weight is 1220 g/mol. The maximum atomic E-state index is 15.2. The summed E-state index contributed by atoms with van der Waals surface area (Å²) in [6, 6.07) is -12.3. The molecule has 11 amide bonds. The second kappa shape index (κ2) is 35.6. The van der Waals surface area contributed by atoms with Crippen LogP contribution in [0.25, 0.3) is 0 Å². The third-order valence-corrected chi connectivity index (χ3v) is 16.4. The van der Waals surface area contributed by atoms with E-state index in [0.29, 0.717) is 12.8 Å². The van der Waals surface area contributed by atoms with Crippen LogP contribution in [0, 0.1) is 41.4 Å². The summed E-state index contributed by atoms with van der Waals surface area (Å²) < 4.78 is 0. The van der Waals surface area contributed by atoms with Crippen LogP contribution < -0.4 is 21.3 Å². The van der Waals surface area contributed by atoms with Gasteiger partial charge in [0.25, 0.3) is 0 Å². The zero-order valence-electron chi connectivity index (χ0n) is 56.8. The summed E-state index contributed by atoms with van der Waals surface area (Å²) >= 11 is 0. The van der Waals surface area contributed by atoms with Crippen molar-refractivity contribution in [2.45, 2.75) is 229 Å². The summed E-state index contributed by atoms with van der Waals surface area (Å²) in [5.74, 6) is -9.44. The summed E-state index contributed by atoms with van der Waals surface area (Å²) in [5.41, 5.74) is 0. The standard InChI is InChI=1S/C63H113N11O12/c1-25-27-28-41(15)53(76)52-57(80)66-44(26-2)59(82)68(18)34-49(75)69(19)46(31-36(5)6)56(79)67-50(39(11)12)62(85)71(21)47(32-37(7)8)55(78)64-42(16)54(77)65-43(17)58(81)70(20)45(30-29-35(3)4)60(83)72(22)48(33-38(9)10)61(84)73(23)51(40(13)14)63(86)74(52)24/h25,27,35-48,50-53,76H,26,28-34H2,1-24H3,(H,64,78)(H,65,77)(H,66,80)(H,67,79)/b27-25+/t41-,42+,43-,44+,45+,46+,47+,48+,50+,51+,52+,53-/m1/s1. The van der Waals surface area contributed by atoms with Crippen molar-refractivity contribution < 1.29 is 57.8 Å². The third-order valence-electron chi connectivity index (χ3n) is 16.4. The van der Waals surface area contributed by atoms with Gasteiger partial charge in [-0.15, -0.1) is 0 Å². The van der Waals surface area contributed by atoms with Crippen molar-refractivity contribution in [3.63, 3.8) is 0 Å². The summed E-state index contributed by atoms with van der Waals surface area (Å²) in [7, 11) is 9.95. The van der Waals surface area contributed by atoms with Crippen LogP contribution in [0.3, 0.4) is 0 Å². The third kappa shape index (κ3) is 21.9. The molecule has 1 aliphatic rings. The first kappa shape index (κ1) is 77.9. The molecule has 1 fully saturated rings. The number of aliphatic hydroxyl groups excluding tert-OH is 1. The average Bonchev–Trinajstić information content (AvgIpc) is 1.14. The van der Waals surface area contributed by atoms with Gasteiger partial charge in [-0.05, 0) is 107 Å². The fraction of sp³-hybridized carbons (Fsp3) is 0.794. The van der Waals surface area contributed by atoms with Crippen LogP contribution in [0.5, 0.6) is 0 Å². The summed E-state index contributed by atoms with van der Waals surface area (Å²) in [6.07, 6.45) is 3.57. The van der Waals surface area contributed by atoms with Gasteiger partial charge in [0.15, 0.2) is 0 Å². The summed E-state index contributed by atoms with van der Waals surface area (Å²) in [6.45, 7) is 29.6. The molecule has 1 saturated heterocycles. The van der Waals surface area contributed by atoms with E-state index in [9.17, 15) is 43.5 Å². The molecule has 23 heteroatoms. The Morgan fingerprint density at radius 3 is 1.41 bits per heavy atom. The van der Waals surface area contributed by atoms with Crippen molar-refractivity contribution in [3.8, 4) is 0 Å². The molecule has 12 atom stereocenters. The van der Waals surface area contributed by atoms with E-state index in [2.05, 4.69) is 21.3 Å². The van der Waals surface area contributed by atoms with Crippen LogP contribution in [0.2, 0.25) is 0 Å². The van der Waals surface area contributed by atoms with Gasteiger partial charge in [-0.3, -0.25) is 52.7 Å². The van der Waals surface area contributed by atoms with Gasteiger partial charge in [0.1, 0.15) is 60.4 Å². The summed E-state index contributed by atoms with van der Waals surface area (Å²) in [5, 5.41) is 23.1. The van der Waals surface area contributed by atoms with E-state index in [1.165, 1.54) is 87.7 Å². The lowest BCUT2D eigenvalue weighted by Crippen LogP contribution is -2.63. The molecule has 0 aliphatic carbocycles. The van der Waals surface area contributed by atoms with Crippen molar-refractivity contribution in [2.24, 2.45) is 41.4 Å². The molecule has 0 spiro atoms. The van der Waals surface area contributed by atoms with E-state index in [4.69, 9.17) is 0 Å². The molecule has 0 bridgehead atoms. The molecule has 1 rings (SSSR count). The number of nitrogens with one attached hydrogen (secondary N) is 4. The minimum Gasteiger partial charge on any atom is -0.390 e. The number of likely N-dealkylation sites (N-methyl/N-ethyl adjacent to an activating group) is 7. The van der Waals surface area contributed by atoms with E-state index in [1.807, 2.05) is 61.5 Å². The van der Waals surface area contributed by atoms with Crippen molar-refractivity contribution in [1.82, 2.24) is 55.6 Å². The maximum Gasteiger partial charge on any atom is 0.246 e. The Morgan fingerprint density at radius 1 is 0.477 bits per heavy atom. The van der Waals surface area contributed by atoms with Gasteiger partial charge in [0.2, 0.25) is 65.0 Å². The molecule has 0 aromatic rings. The SMILES string of the molecule is C/C=C/C[C@@H](C)[C@@H](O)[C@H]1C(=O)N[C@@H](CC)C(=O)N(C)CC(=O)N(C)[C@@H](CC(C)C)C(=O)N[C@@H](C(C)C)C(=O)N(C)[C@@H](CC(C)C)C(=O)N[C@@H](C)C(=O)N[C@H](C)C(=O)N(C)[C@@H](CCC(C)C)C(=O)N(C)[C@@H](CC(C)C)C(=O)N(C)[C@@H](C(C)C)C(=O)N1C. The number of nitrogens with zero attached hydrogens (tertiary/aromatic N) is 7. The Labute approximate surface area is 515 Å². The smallest absolute Gasteiger partial charge is 0.246 e. The second-order valence-electron chi connectivity index (χ2n) is 26.4. The Hall–Kier alpha value is -6.13. The lowest BCUT2D eigenvalue weighted by Gasteiger charge is -2.41. The van der Waals surface area contributed by atoms with Gasteiger partial charge < -0.3 is 60.7 Å². The lowest BCUT2D eigenvalue weighted by molar-refractivity contribution is -0.157. The van der Waals surface area contributed by atoms with Crippen molar-refractivity contribution in [1.29, 1.82) is 0 Å². The molecular weight excluding hydrogens is 1100 g/mol. The zero-order chi connectivity index (χ0) is 66.7. The van der Waals surface area contributed by atoms with Gasteiger partial charge in [0.05, 0.1) is 12.6 Å². The number of allylic oxidation sites excluding steroid dienone is 2. The molecule has 0 saturated carbocycles. The molecule has 86 heavy (non-hydrogen) atoms. The first-order valence-corrected chi connectivity index (χ1v) is 31.1. The first-order valence-electron chi connectivity index (χ1n) is 31.1. The normalized spacial score (nSPS) is 26.7. The highest BCUT2D eigenvalue weighted by molar-refractivity contribution is 5.99. The highest BCUT2D eigenvalue weighted by Crippen LogP contribution is 2.26. The number of carbonyl (C=O) groups excluding carboxylic acids is 11. The van der Waals surface area contributed by atoms with E-state index < -0.39 is 156 Å². The number of amides is 11. The van der Waals surface area contributed by atoms with Crippen LogP contribution in [0.1, 0.15) is 163 Å². The number of rotatable bonds is 16. The predicted molar refractivity (Wildman–Crippen MR) is 333 cm³/mol. The van der Waals surface area contributed by atoms with Gasteiger partial charge in [-0.25, -0.2) is 0 Å². The quantitative estimate of drug-likeness (QED) is 0.139. The van der Waals surface area contributed by atoms with Crippen LogP contribution >= 0.6 is 0 Å². The number of hydrogen-bond acceptors (Lipinski definition) is 12. The van der Waals surface area contributed by atoms with Crippen LogP contribution in [0.4, 0.5) is 0 Å². The fourth-order valence-electron chi connectivity index (χ4n) is 10.8. The molecular formula is C63H113N11O12. The lowest BCUT2D eigenvalue weighted by atomic mass is 9.91. The Bertz CT molecular complexity index is 2340. The number of hydrogen-bond donors (Lipinski definition) is 5. The summed E-state index contributed by atoms with van der Waals surface area (Å²) in [4.78, 5) is 169. The molecule has 1 heterocycles. The van der Waals surface area contributed by atoms with Crippen LogP contribution in [-0.4, -0.2) is 227 Å². The van der Waals surface area contributed by atoms with Gasteiger partial charge in [0, 0.05) is 49.3 Å². The Kier molecular flexibility index (Phi) is 32.3. The number of carbonyl (C=O) groups is 11. The fourth-order valence-corrected chi connectivity index (χ4v) is 10.8. The predicted octanol–water partition coefficient (Wildman–Crippen LogP) is 3.66. The molecule has 23 nitrogen and oxygen atoms in total. The molecule has 5 N–H and O–H groups in total.